The predicted molar refractivity (Wildman–Crippen MR) is 136 cm³/mol. The minimum absolute atomic E-state index is 0.0355. The molecule has 2 unspecified atom stereocenters. The summed E-state index contributed by atoms with van der Waals surface area (Å²) in [7, 11) is 0. The maximum absolute atomic E-state index is 13.8. The lowest BCUT2D eigenvalue weighted by molar-refractivity contribution is -0.144. The van der Waals surface area contributed by atoms with Crippen LogP contribution in [0.15, 0.2) is 48.5 Å². The fourth-order valence-corrected chi connectivity index (χ4v) is 6.76. The van der Waals surface area contributed by atoms with Gasteiger partial charge in [0.05, 0.1) is 34.8 Å². The average molecular weight is 512 g/mol. The summed E-state index contributed by atoms with van der Waals surface area (Å²) in [6.45, 7) is 3.43. The van der Waals surface area contributed by atoms with Crippen molar-refractivity contribution in [3.63, 3.8) is 0 Å². The number of anilines is 2. The number of fused-ring (bicyclic) bond motifs is 1. The molecule has 3 heterocycles. The molecule has 3 aliphatic heterocycles. The third-order valence-electron chi connectivity index (χ3n) is 8.06. The number of rotatable bonds is 7. The third kappa shape index (κ3) is 3.62. The van der Waals surface area contributed by atoms with E-state index in [2.05, 4.69) is 10.6 Å². The molecule has 5 atom stereocenters. The van der Waals surface area contributed by atoms with Crippen LogP contribution in [0.1, 0.15) is 31.7 Å². The Balaban J connectivity index is 1.53. The average Bonchev–Trinajstić information content (AvgIpc) is 3.46. The summed E-state index contributed by atoms with van der Waals surface area (Å²) < 4.78 is 6.67. The van der Waals surface area contributed by atoms with Gasteiger partial charge >= 0.3 is 0 Å². The van der Waals surface area contributed by atoms with Gasteiger partial charge in [0.25, 0.3) is 0 Å². The molecule has 3 amide bonds. The highest BCUT2D eigenvalue weighted by atomic mass is 35.5. The van der Waals surface area contributed by atoms with Crippen LogP contribution in [0, 0.1) is 18.8 Å². The first-order chi connectivity index (χ1) is 17.3. The van der Waals surface area contributed by atoms with Crippen LogP contribution in [-0.2, 0) is 19.1 Å². The first-order valence-corrected chi connectivity index (χ1v) is 12.7. The summed E-state index contributed by atoms with van der Waals surface area (Å²) >= 11 is 6.36. The molecule has 3 N–H and O–H groups in total. The molecule has 3 fully saturated rings. The second-order valence-electron chi connectivity index (χ2n) is 9.86. The number of hydrogen-bond acceptors (Lipinski definition) is 5. The van der Waals surface area contributed by atoms with Crippen LogP contribution < -0.4 is 10.6 Å². The molecule has 3 aliphatic rings. The normalized spacial score (nSPS) is 30.4. The van der Waals surface area contributed by atoms with E-state index >= 15 is 0 Å². The molecule has 0 aromatic heterocycles. The van der Waals surface area contributed by atoms with Crippen molar-refractivity contribution < 1.29 is 24.2 Å². The van der Waals surface area contributed by atoms with Gasteiger partial charge in [-0.2, -0.15) is 0 Å². The van der Waals surface area contributed by atoms with Crippen molar-refractivity contribution in [3.8, 4) is 0 Å². The number of amides is 3. The topological polar surface area (TPSA) is 108 Å². The minimum Gasteiger partial charge on any atom is -0.395 e. The summed E-state index contributed by atoms with van der Waals surface area (Å²) in [6, 6.07) is 13.4. The van der Waals surface area contributed by atoms with Crippen LogP contribution in [0.25, 0.3) is 0 Å². The maximum Gasteiger partial charge on any atom is 0.250 e. The molecule has 190 valence electrons. The number of aryl methyl sites for hydroxylation is 1. The number of likely N-dealkylation sites (tertiary alicyclic amines) is 1. The van der Waals surface area contributed by atoms with Crippen molar-refractivity contribution in [2.24, 2.45) is 11.8 Å². The molecule has 5 rings (SSSR count). The van der Waals surface area contributed by atoms with E-state index in [0.717, 1.165) is 5.56 Å². The van der Waals surface area contributed by atoms with Gasteiger partial charge in [-0.25, -0.2) is 0 Å². The van der Waals surface area contributed by atoms with Gasteiger partial charge in [0.1, 0.15) is 11.6 Å². The first-order valence-electron chi connectivity index (χ1n) is 12.3. The van der Waals surface area contributed by atoms with Gasteiger partial charge < -0.3 is 25.4 Å². The fourth-order valence-electron chi connectivity index (χ4n) is 6.49. The van der Waals surface area contributed by atoms with E-state index in [0.29, 0.717) is 35.7 Å². The zero-order chi connectivity index (χ0) is 25.7. The zero-order valence-electron chi connectivity index (χ0n) is 20.3. The number of benzene rings is 2. The summed E-state index contributed by atoms with van der Waals surface area (Å²) in [5.41, 5.74) is -0.128. The van der Waals surface area contributed by atoms with Gasteiger partial charge in [0.15, 0.2) is 0 Å². The molecule has 0 aliphatic carbocycles. The van der Waals surface area contributed by atoms with E-state index < -0.39 is 35.0 Å². The minimum atomic E-state index is -1.17. The van der Waals surface area contributed by atoms with Crippen LogP contribution in [0.4, 0.5) is 11.4 Å². The zero-order valence-corrected chi connectivity index (χ0v) is 21.0. The summed E-state index contributed by atoms with van der Waals surface area (Å²) in [5, 5.41) is 16.0. The van der Waals surface area contributed by atoms with Crippen LogP contribution in [0.2, 0.25) is 5.02 Å². The van der Waals surface area contributed by atoms with Gasteiger partial charge in [-0.3, -0.25) is 14.4 Å². The number of ether oxygens (including phenoxy) is 1. The Morgan fingerprint density at radius 3 is 2.53 bits per heavy atom. The molecular formula is C27H30ClN3O5. The Morgan fingerprint density at radius 2 is 1.86 bits per heavy atom. The van der Waals surface area contributed by atoms with Crippen molar-refractivity contribution >= 4 is 40.7 Å². The lowest BCUT2D eigenvalue weighted by Gasteiger charge is -2.33. The predicted octanol–water partition coefficient (Wildman–Crippen LogP) is 3.37. The number of para-hydroxylation sites is 2. The number of carbonyl (C=O) groups is 3. The lowest BCUT2D eigenvalue weighted by atomic mass is 9.65. The van der Waals surface area contributed by atoms with E-state index in [1.165, 1.54) is 4.90 Å². The molecule has 2 aromatic carbocycles. The quantitative estimate of drug-likeness (QED) is 0.528. The number of aliphatic hydroxyl groups is 1. The van der Waals surface area contributed by atoms with E-state index in [1.54, 1.807) is 24.3 Å². The summed E-state index contributed by atoms with van der Waals surface area (Å²) in [4.78, 5) is 42.7. The number of carbonyl (C=O) groups excluding carboxylic acids is 3. The monoisotopic (exact) mass is 511 g/mol. The van der Waals surface area contributed by atoms with E-state index in [4.69, 9.17) is 16.3 Å². The molecule has 8 nitrogen and oxygen atoms in total. The van der Waals surface area contributed by atoms with Crippen molar-refractivity contribution in [1.29, 1.82) is 0 Å². The van der Waals surface area contributed by atoms with E-state index in [-0.39, 0.29) is 25.0 Å². The van der Waals surface area contributed by atoms with E-state index in [1.807, 2.05) is 38.1 Å². The van der Waals surface area contributed by atoms with Gasteiger partial charge in [0, 0.05) is 12.2 Å². The summed E-state index contributed by atoms with van der Waals surface area (Å²) in [6.07, 6.45) is 1.55. The molecular weight excluding hydrogens is 482 g/mol. The number of hydrogen-bond donors (Lipinski definition) is 3. The molecule has 36 heavy (non-hydrogen) atoms. The van der Waals surface area contributed by atoms with E-state index in [9.17, 15) is 19.5 Å². The smallest absolute Gasteiger partial charge is 0.250 e. The summed E-state index contributed by atoms with van der Waals surface area (Å²) in [5.74, 6) is -2.67. The van der Waals surface area contributed by atoms with Crippen molar-refractivity contribution in [2.45, 2.75) is 50.4 Å². The first kappa shape index (κ1) is 24.7. The Bertz CT molecular complexity index is 1190. The molecule has 3 saturated heterocycles. The Labute approximate surface area is 215 Å². The Kier molecular flexibility index (Phi) is 6.31. The van der Waals surface area contributed by atoms with Gasteiger partial charge in [-0.1, -0.05) is 48.9 Å². The standard InChI is InChI=1S/C27H30ClN3O5/c1-3-26-12-13-27(36-26)20(19(26)23(33)29-17-9-5-4-6-10-17)25(35)31(14-15-32)22(27)24(34)30-21-16(2)8-7-11-18(21)28/h4-11,19-20,22,32H,3,12-15H2,1-2H3,(H,29,33)(H,30,34)/t19-,20-,22?,26+,27?/m0/s1. The van der Waals surface area contributed by atoms with Crippen LogP contribution >= 0.6 is 11.6 Å². The van der Waals surface area contributed by atoms with Crippen molar-refractivity contribution in [2.75, 3.05) is 23.8 Å². The number of halogens is 1. The number of aliphatic hydroxyl groups excluding tert-OH is 1. The second-order valence-corrected chi connectivity index (χ2v) is 10.3. The van der Waals surface area contributed by atoms with Gasteiger partial charge in [0.2, 0.25) is 17.7 Å². The van der Waals surface area contributed by atoms with Gasteiger partial charge in [-0.15, -0.1) is 0 Å². The molecule has 2 bridgehead atoms. The second kappa shape index (κ2) is 9.18. The highest BCUT2D eigenvalue weighted by molar-refractivity contribution is 6.34. The largest absolute Gasteiger partial charge is 0.395 e. The molecule has 1 spiro atoms. The molecule has 0 radical (unpaired) electrons. The highest BCUT2D eigenvalue weighted by Gasteiger charge is 2.78. The lowest BCUT2D eigenvalue weighted by Crippen LogP contribution is -2.53. The molecule has 2 aromatic rings. The number of nitrogens with one attached hydrogen (secondary N) is 2. The van der Waals surface area contributed by atoms with Gasteiger partial charge in [-0.05, 0) is 49.9 Å². The van der Waals surface area contributed by atoms with Crippen molar-refractivity contribution in [1.82, 2.24) is 4.90 Å². The number of β-amino-alcohol motifs (C(OH)–C–C–N with tert-alkyl or cyclic N) is 1. The Hall–Kier alpha value is -2.94. The third-order valence-corrected chi connectivity index (χ3v) is 8.38. The van der Waals surface area contributed by atoms with Crippen LogP contribution in [-0.4, -0.2) is 58.1 Å². The van der Waals surface area contributed by atoms with Crippen LogP contribution in [0.3, 0.4) is 0 Å². The Morgan fingerprint density at radius 1 is 1.11 bits per heavy atom. The van der Waals surface area contributed by atoms with Crippen LogP contribution in [0.5, 0.6) is 0 Å². The number of nitrogens with zero attached hydrogens (tertiary/aromatic N) is 1. The molecule has 0 saturated carbocycles. The molecule has 9 heteroatoms. The fraction of sp³-hybridized carbons (Fsp3) is 0.444. The maximum atomic E-state index is 13.8. The highest BCUT2D eigenvalue weighted by Crippen LogP contribution is 2.64. The SMILES string of the molecule is CC[C@]12CCC3(O1)C(C(=O)Nc1c(C)cccc1Cl)N(CCO)C(=O)[C@@H]3[C@H]2C(=O)Nc1ccccc1. The van der Waals surface area contributed by atoms with Crippen molar-refractivity contribution in [3.05, 3.63) is 59.1 Å².